The van der Waals surface area contributed by atoms with Crippen molar-refractivity contribution in [3.8, 4) is 0 Å². The van der Waals surface area contributed by atoms with E-state index in [9.17, 15) is 9.00 Å². The Labute approximate surface area is 163 Å². The second-order valence-corrected chi connectivity index (χ2v) is 7.22. The quantitative estimate of drug-likeness (QED) is 0.682. The third kappa shape index (κ3) is 7.66. The molecule has 2 atom stereocenters. The molecule has 0 aliphatic heterocycles. The molecule has 0 radical (unpaired) electrons. The fourth-order valence-corrected chi connectivity index (χ4v) is 3.64. The predicted molar refractivity (Wildman–Crippen MR) is 109 cm³/mol. The monoisotopic (exact) mass is 396 g/mol. The first-order valence-corrected chi connectivity index (χ1v) is 9.60. The summed E-state index contributed by atoms with van der Waals surface area (Å²) >= 11 is 0. The average Bonchev–Trinajstić information content (AvgIpc) is 2.60. The van der Waals surface area contributed by atoms with Gasteiger partial charge in [0.15, 0.2) is 0 Å². The summed E-state index contributed by atoms with van der Waals surface area (Å²) in [6.07, 6.45) is -0.0847. The molecule has 2 rings (SSSR count). The maximum Gasteiger partial charge on any atom is 0.227 e. The normalized spacial score (nSPS) is 12.7. The Bertz CT molecular complexity index is 709. The van der Waals surface area contributed by atoms with E-state index in [1.807, 2.05) is 54.6 Å². The van der Waals surface area contributed by atoms with Crippen LogP contribution < -0.4 is 11.1 Å². The van der Waals surface area contributed by atoms with Gasteiger partial charge in [-0.05, 0) is 23.3 Å². The lowest BCUT2D eigenvalue weighted by Gasteiger charge is -2.13. The van der Waals surface area contributed by atoms with Gasteiger partial charge in [-0.25, -0.2) is 0 Å². The van der Waals surface area contributed by atoms with Crippen molar-refractivity contribution in [2.75, 3.05) is 19.0 Å². The molecule has 2 aromatic rings. The van der Waals surface area contributed by atoms with Crippen molar-refractivity contribution in [3.63, 3.8) is 0 Å². The molecule has 2 unspecified atom stereocenters. The number of carbonyl (C=O) groups is 1. The highest BCUT2D eigenvalue weighted by atomic mass is 35.5. The lowest BCUT2D eigenvalue weighted by Crippen LogP contribution is -2.28. The number of carbonyl (C=O) groups excluding carboxylic acids is 1. The second kappa shape index (κ2) is 11.8. The number of anilines is 1. The summed E-state index contributed by atoms with van der Waals surface area (Å²) in [6, 6.07) is 17.2. The zero-order valence-electron chi connectivity index (χ0n) is 14.7. The molecule has 0 aromatic heterocycles. The van der Waals surface area contributed by atoms with E-state index in [1.165, 1.54) is 7.11 Å². The molecule has 5 nitrogen and oxygen atoms in total. The number of halogens is 1. The van der Waals surface area contributed by atoms with Gasteiger partial charge in [-0.1, -0.05) is 42.5 Å². The van der Waals surface area contributed by atoms with Crippen LogP contribution in [-0.2, 0) is 31.8 Å². The molecule has 0 fully saturated rings. The third-order valence-electron chi connectivity index (χ3n) is 3.72. The molecule has 0 saturated carbocycles. The van der Waals surface area contributed by atoms with Crippen molar-refractivity contribution in [1.29, 1.82) is 0 Å². The Morgan fingerprint density at radius 3 is 2.42 bits per heavy atom. The van der Waals surface area contributed by atoms with Crippen LogP contribution in [0.15, 0.2) is 54.6 Å². The standard InChI is InChI=1S/C19H24N2O3S.ClH/c1-24-18(12-20)11-19(22)21-17-9-5-8-16(10-17)14-25(23)13-15-6-3-2-4-7-15;/h2-10,18H,11-14,20H2,1H3,(H,21,22);1H. The molecule has 0 heterocycles. The van der Waals surface area contributed by atoms with E-state index < -0.39 is 10.8 Å². The van der Waals surface area contributed by atoms with E-state index in [4.69, 9.17) is 10.5 Å². The van der Waals surface area contributed by atoms with Crippen LogP contribution in [0, 0.1) is 0 Å². The molecule has 0 bridgehead atoms. The summed E-state index contributed by atoms with van der Waals surface area (Å²) in [4.78, 5) is 12.0. The van der Waals surface area contributed by atoms with Crippen LogP contribution in [0.4, 0.5) is 5.69 Å². The second-order valence-electron chi connectivity index (χ2n) is 5.76. The van der Waals surface area contributed by atoms with Crippen LogP contribution in [0.1, 0.15) is 17.5 Å². The lowest BCUT2D eigenvalue weighted by atomic mass is 10.2. The van der Waals surface area contributed by atoms with Gasteiger partial charge in [0.05, 0.1) is 12.5 Å². The van der Waals surface area contributed by atoms with E-state index in [1.54, 1.807) is 0 Å². The molecular weight excluding hydrogens is 372 g/mol. The number of nitrogens with two attached hydrogens (primary N) is 1. The summed E-state index contributed by atoms with van der Waals surface area (Å²) in [7, 11) is 0.531. The van der Waals surface area contributed by atoms with Crippen molar-refractivity contribution < 1.29 is 13.7 Å². The molecule has 2 aromatic carbocycles. The Kier molecular flexibility index (Phi) is 10.1. The molecule has 1 amide bonds. The highest BCUT2D eigenvalue weighted by Crippen LogP contribution is 2.15. The molecule has 0 spiro atoms. The zero-order chi connectivity index (χ0) is 18.1. The summed E-state index contributed by atoms with van der Waals surface area (Å²) in [5.41, 5.74) is 8.19. The van der Waals surface area contributed by atoms with Crippen molar-refractivity contribution in [3.05, 3.63) is 65.7 Å². The van der Waals surface area contributed by atoms with E-state index in [-0.39, 0.29) is 30.8 Å². The van der Waals surface area contributed by atoms with Gasteiger partial charge >= 0.3 is 0 Å². The smallest absolute Gasteiger partial charge is 0.227 e. The Balaban J connectivity index is 0.00000338. The van der Waals surface area contributed by atoms with E-state index in [2.05, 4.69) is 5.32 Å². The highest BCUT2D eigenvalue weighted by molar-refractivity contribution is 7.83. The topological polar surface area (TPSA) is 81.4 Å². The van der Waals surface area contributed by atoms with E-state index >= 15 is 0 Å². The number of amides is 1. The van der Waals surface area contributed by atoms with Gasteiger partial charge in [0, 0.05) is 41.6 Å². The molecule has 3 N–H and O–H groups in total. The number of nitrogens with one attached hydrogen (secondary N) is 1. The van der Waals surface area contributed by atoms with Crippen molar-refractivity contribution in [2.45, 2.75) is 24.0 Å². The summed E-state index contributed by atoms with van der Waals surface area (Å²) in [5.74, 6) is 0.811. The number of benzene rings is 2. The largest absolute Gasteiger partial charge is 0.380 e. The van der Waals surface area contributed by atoms with Crippen LogP contribution in [0.3, 0.4) is 0 Å². The minimum absolute atomic E-state index is 0. The summed E-state index contributed by atoms with van der Waals surface area (Å²) < 4.78 is 17.4. The van der Waals surface area contributed by atoms with Gasteiger partial charge < -0.3 is 15.8 Å². The highest BCUT2D eigenvalue weighted by Gasteiger charge is 2.12. The molecule has 142 valence electrons. The van der Waals surface area contributed by atoms with Crippen molar-refractivity contribution >= 4 is 34.8 Å². The van der Waals surface area contributed by atoms with E-state index in [0.717, 1.165) is 11.1 Å². The maximum absolute atomic E-state index is 12.3. The Morgan fingerprint density at radius 1 is 1.12 bits per heavy atom. The average molecular weight is 397 g/mol. The first kappa shape index (κ1) is 22.3. The van der Waals surface area contributed by atoms with Crippen LogP contribution in [0.5, 0.6) is 0 Å². The van der Waals surface area contributed by atoms with Crippen LogP contribution in [0.25, 0.3) is 0 Å². The summed E-state index contributed by atoms with van der Waals surface area (Å²) in [5, 5.41) is 2.83. The number of methoxy groups -OCH3 is 1. The van der Waals surface area contributed by atoms with E-state index in [0.29, 0.717) is 23.7 Å². The molecule has 0 aliphatic rings. The number of hydrogen-bond acceptors (Lipinski definition) is 4. The SMILES string of the molecule is COC(CN)CC(=O)Nc1cccc(CS(=O)Cc2ccccc2)c1.Cl. The van der Waals surface area contributed by atoms with Gasteiger partial charge in [-0.15, -0.1) is 12.4 Å². The molecular formula is C19H25ClN2O3S. The molecule has 0 aliphatic carbocycles. The third-order valence-corrected chi connectivity index (χ3v) is 5.03. The number of rotatable bonds is 9. The van der Waals surface area contributed by atoms with Crippen LogP contribution in [0.2, 0.25) is 0 Å². The van der Waals surface area contributed by atoms with Gasteiger partial charge in [0.2, 0.25) is 5.91 Å². The predicted octanol–water partition coefficient (Wildman–Crippen LogP) is 2.86. The van der Waals surface area contributed by atoms with Gasteiger partial charge in [0.1, 0.15) is 0 Å². The van der Waals surface area contributed by atoms with Crippen LogP contribution >= 0.6 is 12.4 Å². The minimum atomic E-state index is -1.00. The lowest BCUT2D eigenvalue weighted by molar-refractivity contribution is -0.118. The molecule has 7 heteroatoms. The van der Waals surface area contributed by atoms with Gasteiger partial charge in [0.25, 0.3) is 0 Å². The van der Waals surface area contributed by atoms with Gasteiger partial charge in [-0.2, -0.15) is 0 Å². The zero-order valence-corrected chi connectivity index (χ0v) is 16.4. The minimum Gasteiger partial charge on any atom is -0.380 e. The van der Waals surface area contributed by atoms with Crippen molar-refractivity contribution in [2.24, 2.45) is 5.73 Å². The summed E-state index contributed by atoms with van der Waals surface area (Å²) in [6.45, 7) is 0.294. The number of hydrogen-bond donors (Lipinski definition) is 2. The van der Waals surface area contributed by atoms with Crippen LogP contribution in [-0.4, -0.2) is 29.9 Å². The Hall–Kier alpha value is -1.73. The number of ether oxygens (including phenoxy) is 1. The van der Waals surface area contributed by atoms with Gasteiger partial charge in [-0.3, -0.25) is 9.00 Å². The fourth-order valence-electron chi connectivity index (χ4n) is 2.42. The molecule has 26 heavy (non-hydrogen) atoms. The van der Waals surface area contributed by atoms with Crippen molar-refractivity contribution in [1.82, 2.24) is 0 Å². The first-order valence-electron chi connectivity index (χ1n) is 8.11. The first-order chi connectivity index (χ1) is 12.1. The fraction of sp³-hybridized carbons (Fsp3) is 0.316. The Morgan fingerprint density at radius 2 is 1.77 bits per heavy atom. The molecule has 0 saturated heterocycles. The maximum atomic E-state index is 12.3.